The van der Waals surface area contributed by atoms with Crippen molar-refractivity contribution in [2.75, 3.05) is 11.9 Å². The van der Waals surface area contributed by atoms with Crippen LogP contribution in [-0.2, 0) is 0 Å². The highest BCUT2D eigenvalue weighted by Crippen LogP contribution is 2.16. The van der Waals surface area contributed by atoms with Crippen molar-refractivity contribution < 1.29 is 4.79 Å². The van der Waals surface area contributed by atoms with Gasteiger partial charge in [0.25, 0.3) is 5.91 Å². The first-order valence-electron chi connectivity index (χ1n) is 5.85. The molecule has 0 spiro atoms. The second-order valence-electron chi connectivity index (χ2n) is 4.39. The van der Waals surface area contributed by atoms with Gasteiger partial charge in [0.2, 0.25) is 0 Å². The van der Waals surface area contributed by atoms with Crippen molar-refractivity contribution in [2.24, 2.45) is 0 Å². The Morgan fingerprint density at radius 1 is 1.17 bits per heavy atom. The van der Waals surface area contributed by atoms with Crippen LogP contribution in [0.1, 0.15) is 21.6 Å². The van der Waals surface area contributed by atoms with Crippen molar-refractivity contribution >= 4 is 11.6 Å². The zero-order valence-corrected chi connectivity index (χ0v) is 10.8. The van der Waals surface area contributed by atoms with Crippen LogP contribution in [0.5, 0.6) is 0 Å². The fourth-order valence-corrected chi connectivity index (χ4v) is 1.74. The van der Waals surface area contributed by atoms with Gasteiger partial charge < -0.3 is 4.90 Å². The molecule has 0 aliphatic rings. The first kappa shape index (κ1) is 12.3. The SMILES string of the molecule is Cc1cccc(N(C)C(=O)c2ccc(C)nc2)c1. The third kappa shape index (κ3) is 2.56. The second kappa shape index (κ2) is 5.00. The minimum Gasteiger partial charge on any atom is -0.311 e. The number of rotatable bonds is 2. The van der Waals surface area contributed by atoms with E-state index in [1.165, 1.54) is 0 Å². The molecule has 1 aromatic carbocycles. The van der Waals surface area contributed by atoms with Gasteiger partial charge in [-0.05, 0) is 43.7 Å². The fourth-order valence-electron chi connectivity index (χ4n) is 1.74. The van der Waals surface area contributed by atoms with Crippen LogP contribution in [0.25, 0.3) is 0 Å². The molecule has 0 aliphatic heterocycles. The van der Waals surface area contributed by atoms with E-state index in [2.05, 4.69) is 4.98 Å². The summed E-state index contributed by atoms with van der Waals surface area (Å²) >= 11 is 0. The number of anilines is 1. The summed E-state index contributed by atoms with van der Waals surface area (Å²) in [7, 11) is 1.77. The molecule has 3 heteroatoms. The van der Waals surface area contributed by atoms with Crippen LogP contribution >= 0.6 is 0 Å². The summed E-state index contributed by atoms with van der Waals surface area (Å²) in [6.07, 6.45) is 1.62. The van der Waals surface area contributed by atoms with Gasteiger partial charge in [0, 0.05) is 24.6 Å². The molecule has 1 amide bonds. The molecule has 18 heavy (non-hydrogen) atoms. The van der Waals surface area contributed by atoms with Gasteiger partial charge in [0.1, 0.15) is 0 Å². The van der Waals surface area contributed by atoms with Crippen molar-refractivity contribution in [3.8, 4) is 0 Å². The molecule has 0 atom stereocenters. The highest BCUT2D eigenvalue weighted by molar-refractivity contribution is 6.05. The summed E-state index contributed by atoms with van der Waals surface area (Å²) < 4.78 is 0. The van der Waals surface area contributed by atoms with Gasteiger partial charge in [-0.2, -0.15) is 0 Å². The first-order valence-corrected chi connectivity index (χ1v) is 5.85. The molecule has 1 heterocycles. The lowest BCUT2D eigenvalue weighted by atomic mass is 10.2. The van der Waals surface area contributed by atoms with Gasteiger partial charge in [-0.1, -0.05) is 12.1 Å². The Kier molecular flexibility index (Phi) is 3.42. The maximum Gasteiger partial charge on any atom is 0.259 e. The molecule has 2 aromatic rings. The van der Waals surface area contributed by atoms with Crippen molar-refractivity contribution in [3.05, 3.63) is 59.4 Å². The minimum absolute atomic E-state index is 0.0481. The molecule has 3 nitrogen and oxygen atoms in total. The molecule has 1 aromatic heterocycles. The van der Waals surface area contributed by atoms with E-state index in [4.69, 9.17) is 0 Å². The van der Waals surface area contributed by atoms with Gasteiger partial charge in [-0.25, -0.2) is 0 Å². The molecule has 0 radical (unpaired) electrons. The Bertz CT molecular complexity index is 561. The molecule has 0 saturated carbocycles. The van der Waals surface area contributed by atoms with Crippen LogP contribution in [0.2, 0.25) is 0 Å². The lowest BCUT2D eigenvalue weighted by molar-refractivity contribution is 0.0992. The lowest BCUT2D eigenvalue weighted by Crippen LogP contribution is -2.26. The number of hydrogen-bond acceptors (Lipinski definition) is 2. The summed E-state index contributed by atoms with van der Waals surface area (Å²) in [5, 5.41) is 0. The number of aryl methyl sites for hydroxylation is 2. The summed E-state index contributed by atoms with van der Waals surface area (Å²) in [5.74, 6) is -0.0481. The average Bonchev–Trinajstić information content (AvgIpc) is 2.38. The monoisotopic (exact) mass is 240 g/mol. The number of hydrogen-bond donors (Lipinski definition) is 0. The van der Waals surface area contributed by atoms with E-state index in [1.807, 2.05) is 44.2 Å². The number of carbonyl (C=O) groups is 1. The largest absolute Gasteiger partial charge is 0.311 e. The van der Waals surface area contributed by atoms with Gasteiger partial charge in [-0.15, -0.1) is 0 Å². The summed E-state index contributed by atoms with van der Waals surface area (Å²) in [6.45, 7) is 3.91. The van der Waals surface area contributed by atoms with E-state index in [-0.39, 0.29) is 5.91 Å². The van der Waals surface area contributed by atoms with Crippen molar-refractivity contribution in [2.45, 2.75) is 13.8 Å². The Hall–Kier alpha value is -2.16. The Balaban J connectivity index is 2.26. The Morgan fingerprint density at radius 3 is 2.56 bits per heavy atom. The number of amides is 1. The molecule has 92 valence electrons. The maximum atomic E-state index is 12.3. The van der Waals surface area contributed by atoms with Crippen molar-refractivity contribution in [1.82, 2.24) is 4.98 Å². The molecule has 2 rings (SSSR count). The van der Waals surface area contributed by atoms with E-state index in [1.54, 1.807) is 24.2 Å². The molecule has 0 unspecified atom stereocenters. The number of carbonyl (C=O) groups excluding carboxylic acids is 1. The predicted molar refractivity (Wildman–Crippen MR) is 72.9 cm³/mol. The lowest BCUT2D eigenvalue weighted by Gasteiger charge is -2.17. The van der Waals surface area contributed by atoms with Crippen LogP contribution in [0.15, 0.2) is 42.6 Å². The smallest absolute Gasteiger partial charge is 0.259 e. The number of pyridine rings is 1. The molecular formula is C15H16N2O. The van der Waals surface area contributed by atoms with E-state index in [0.29, 0.717) is 5.56 Å². The molecule has 0 saturated heterocycles. The van der Waals surface area contributed by atoms with Gasteiger partial charge in [-0.3, -0.25) is 9.78 Å². The highest BCUT2D eigenvalue weighted by Gasteiger charge is 2.13. The van der Waals surface area contributed by atoms with Crippen LogP contribution in [0.3, 0.4) is 0 Å². The molecule has 0 fully saturated rings. The van der Waals surface area contributed by atoms with E-state index < -0.39 is 0 Å². The topological polar surface area (TPSA) is 33.2 Å². The second-order valence-corrected chi connectivity index (χ2v) is 4.39. The Morgan fingerprint density at radius 2 is 1.94 bits per heavy atom. The van der Waals surface area contributed by atoms with Crippen molar-refractivity contribution in [3.63, 3.8) is 0 Å². The van der Waals surface area contributed by atoms with Gasteiger partial charge in [0.15, 0.2) is 0 Å². The zero-order valence-electron chi connectivity index (χ0n) is 10.8. The standard InChI is InChI=1S/C15H16N2O/c1-11-5-4-6-14(9-11)17(3)15(18)13-8-7-12(2)16-10-13/h4-10H,1-3H3. The van der Waals surface area contributed by atoms with Crippen LogP contribution in [0, 0.1) is 13.8 Å². The molecular weight excluding hydrogens is 224 g/mol. The van der Waals surface area contributed by atoms with E-state index in [0.717, 1.165) is 16.9 Å². The van der Waals surface area contributed by atoms with Crippen molar-refractivity contribution in [1.29, 1.82) is 0 Å². The van der Waals surface area contributed by atoms with E-state index >= 15 is 0 Å². The predicted octanol–water partition coefficient (Wildman–Crippen LogP) is 2.98. The van der Waals surface area contributed by atoms with E-state index in [9.17, 15) is 4.79 Å². The van der Waals surface area contributed by atoms with Crippen LogP contribution in [-0.4, -0.2) is 17.9 Å². The maximum absolute atomic E-state index is 12.3. The first-order chi connectivity index (χ1) is 8.58. The minimum atomic E-state index is -0.0481. The van der Waals surface area contributed by atoms with Gasteiger partial charge >= 0.3 is 0 Å². The zero-order chi connectivity index (χ0) is 13.1. The quantitative estimate of drug-likeness (QED) is 0.808. The third-order valence-corrected chi connectivity index (χ3v) is 2.85. The highest BCUT2D eigenvalue weighted by atomic mass is 16.2. The fraction of sp³-hybridized carbons (Fsp3) is 0.200. The summed E-state index contributed by atoms with van der Waals surface area (Å²) in [4.78, 5) is 18.0. The number of nitrogens with zero attached hydrogens (tertiary/aromatic N) is 2. The molecule has 0 aliphatic carbocycles. The summed E-state index contributed by atoms with van der Waals surface area (Å²) in [6, 6.07) is 11.5. The number of benzene rings is 1. The van der Waals surface area contributed by atoms with Gasteiger partial charge in [0.05, 0.1) is 5.56 Å². The summed E-state index contributed by atoms with van der Waals surface area (Å²) in [5.41, 5.74) is 3.53. The van der Waals surface area contributed by atoms with Crippen LogP contribution < -0.4 is 4.90 Å². The Labute approximate surface area is 107 Å². The molecule has 0 N–H and O–H groups in total. The average molecular weight is 240 g/mol. The normalized spacial score (nSPS) is 10.2. The number of aromatic nitrogens is 1. The van der Waals surface area contributed by atoms with Crippen LogP contribution in [0.4, 0.5) is 5.69 Å². The molecule has 0 bridgehead atoms. The third-order valence-electron chi connectivity index (χ3n) is 2.85.